The van der Waals surface area contributed by atoms with E-state index in [1.165, 1.54) is 43.8 Å². The van der Waals surface area contributed by atoms with Gasteiger partial charge in [0.25, 0.3) is 11.2 Å². The Bertz CT molecular complexity index is 1440. The summed E-state index contributed by atoms with van der Waals surface area (Å²) < 4.78 is 2.11. The van der Waals surface area contributed by atoms with Gasteiger partial charge in [-0.25, -0.2) is 9.78 Å². The van der Waals surface area contributed by atoms with Crippen LogP contribution in [0, 0.1) is 17.0 Å². The molecule has 2 N–H and O–H groups in total. The topological polar surface area (TPSA) is 149 Å². The molecule has 0 aliphatic carbocycles. The van der Waals surface area contributed by atoms with Crippen LogP contribution >= 0.6 is 11.6 Å². The first-order valence-corrected chi connectivity index (χ1v) is 11.5. The third kappa shape index (κ3) is 4.96. The van der Waals surface area contributed by atoms with Gasteiger partial charge in [-0.15, -0.1) is 11.6 Å². The molecule has 12 heteroatoms. The van der Waals surface area contributed by atoms with Crippen LogP contribution in [0.1, 0.15) is 42.2 Å². The van der Waals surface area contributed by atoms with E-state index in [1.54, 1.807) is 6.92 Å². The monoisotopic (exact) mass is 503 g/mol. The van der Waals surface area contributed by atoms with Gasteiger partial charge in [-0.05, 0) is 38.3 Å². The Labute approximate surface area is 205 Å². The molecule has 0 saturated heterocycles. The predicted octanol–water partition coefficient (Wildman–Crippen LogP) is 2.86. The highest BCUT2D eigenvalue weighted by Gasteiger charge is 2.26. The summed E-state index contributed by atoms with van der Waals surface area (Å²) in [5, 5.41) is 24.1. The van der Waals surface area contributed by atoms with E-state index in [4.69, 9.17) is 11.6 Å². The summed E-state index contributed by atoms with van der Waals surface area (Å²) in [6.07, 6.45) is 0.222. The van der Waals surface area contributed by atoms with Crippen molar-refractivity contribution in [2.24, 2.45) is 14.1 Å². The normalized spacial score (nSPS) is 12.1. The summed E-state index contributed by atoms with van der Waals surface area (Å²) in [6, 6.07) is 4.15. The van der Waals surface area contributed by atoms with E-state index in [-0.39, 0.29) is 51.3 Å². The van der Waals surface area contributed by atoms with Crippen molar-refractivity contribution in [3.8, 4) is 11.1 Å². The second kappa shape index (κ2) is 10.4. The van der Waals surface area contributed by atoms with Crippen molar-refractivity contribution in [3.63, 3.8) is 0 Å². The molecule has 186 valence electrons. The van der Waals surface area contributed by atoms with Crippen LogP contribution in [0.5, 0.6) is 0 Å². The fraction of sp³-hybridized carbons (Fsp3) is 0.391. The van der Waals surface area contributed by atoms with E-state index in [1.807, 2.05) is 0 Å². The van der Waals surface area contributed by atoms with Crippen molar-refractivity contribution < 1.29 is 14.8 Å². The lowest BCUT2D eigenvalue weighted by molar-refractivity contribution is -0.384. The molecule has 0 radical (unpaired) electrons. The van der Waals surface area contributed by atoms with E-state index in [0.29, 0.717) is 24.4 Å². The smallest absolute Gasteiger partial charge is 0.332 e. The van der Waals surface area contributed by atoms with Gasteiger partial charge >= 0.3 is 5.69 Å². The van der Waals surface area contributed by atoms with E-state index in [9.17, 15) is 29.6 Å². The number of Topliss-reactive ketones (excluding diaryl/α,β-unsaturated/α-hetero) is 1. The Balaban J connectivity index is 2.46. The van der Waals surface area contributed by atoms with Gasteiger partial charge in [-0.3, -0.25) is 28.8 Å². The molecular formula is C23H26ClN5O6. The number of fused-ring (bicyclic) bond motifs is 1. The van der Waals surface area contributed by atoms with E-state index in [0.717, 1.165) is 4.57 Å². The molecule has 1 unspecified atom stereocenters. The van der Waals surface area contributed by atoms with Crippen molar-refractivity contribution in [2.45, 2.75) is 39.3 Å². The number of aromatic nitrogens is 3. The summed E-state index contributed by atoms with van der Waals surface area (Å²) in [5.41, 5.74) is -0.623. The number of pyridine rings is 1. The molecular weight excluding hydrogens is 478 g/mol. The number of nitrogens with zero attached hydrogens (tertiary/aromatic N) is 4. The van der Waals surface area contributed by atoms with Gasteiger partial charge in [0.2, 0.25) is 0 Å². The third-order valence-corrected chi connectivity index (χ3v) is 5.95. The predicted molar refractivity (Wildman–Crippen MR) is 133 cm³/mol. The molecule has 0 amide bonds. The third-order valence-electron chi connectivity index (χ3n) is 5.68. The fourth-order valence-corrected chi connectivity index (χ4v) is 4.21. The first-order valence-electron chi connectivity index (χ1n) is 10.9. The number of hydrogen-bond acceptors (Lipinski definition) is 8. The van der Waals surface area contributed by atoms with E-state index >= 15 is 0 Å². The number of ketones is 1. The number of carbonyl (C=O) groups is 1. The van der Waals surface area contributed by atoms with Crippen LogP contribution in [0.2, 0.25) is 0 Å². The number of carbonyl (C=O) groups excluding carboxylic acids is 1. The van der Waals surface area contributed by atoms with Crippen molar-refractivity contribution in [1.82, 2.24) is 14.1 Å². The molecule has 1 aromatic carbocycles. The average molecular weight is 504 g/mol. The molecule has 35 heavy (non-hydrogen) atoms. The van der Waals surface area contributed by atoms with Crippen LogP contribution in [-0.2, 0) is 14.1 Å². The summed E-state index contributed by atoms with van der Waals surface area (Å²) in [5.74, 6) is 0.101. The number of anilines is 1. The Hall–Kier alpha value is -3.57. The van der Waals surface area contributed by atoms with E-state index < -0.39 is 22.4 Å². The van der Waals surface area contributed by atoms with Gasteiger partial charge in [0.05, 0.1) is 16.0 Å². The second-order valence-electron chi connectivity index (χ2n) is 8.23. The SMILES string of the molecule is Cc1nc2c(c(-c3ccc(NC(C)O)c([N+](=O)[O-])c3)c1C(=O)CCCCCl)c(=O)n(C)c(=O)n2C. The number of aryl methyl sites for hydroxylation is 2. The van der Waals surface area contributed by atoms with Crippen LogP contribution in [0.3, 0.4) is 0 Å². The maximum atomic E-state index is 13.3. The molecule has 0 aliphatic rings. The first-order chi connectivity index (χ1) is 16.5. The lowest BCUT2D eigenvalue weighted by Crippen LogP contribution is -2.38. The number of nitrogens with one attached hydrogen (secondary N) is 1. The van der Waals surface area contributed by atoms with Crippen molar-refractivity contribution >= 4 is 39.8 Å². The van der Waals surface area contributed by atoms with Gasteiger partial charge in [0.1, 0.15) is 17.6 Å². The van der Waals surface area contributed by atoms with Crippen molar-refractivity contribution in [3.05, 3.63) is 60.4 Å². The van der Waals surface area contributed by atoms with Crippen LogP contribution in [0.4, 0.5) is 11.4 Å². The number of benzene rings is 1. The minimum absolute atomic E-state index is 0.00595. The molecule has 0 fully saturated rings. The number of rotatable bonds is 9. The average Bonchev–Trinajstić information content (AvgIpc) is 2.80. The second-order valence-corrected chi connectivity index (χ2v) is 8.61. The number of hydrogen-bond donors (Lipinski definition) is 2. The zero-order chi connectivity index (χ0) is 26.0. The summed E-state index contributed by atoms with van der Waals surface area (Å²) >= 11 is 5.75. The van der Waals surface area contributed by atoms with Crippen molar-refractivity contribution in [2.75, 3.05) is 11.2 Å². The Morgan fingerprint density at radius 1 is 1.26 bits per heavy atom. The lowest BCUT2D eigenvalue weighted by atomic mass is 9.91. The Kier molecular flexibility index (Phi) is 7.71. The zero-order valence-electron chi connectivity index (χ0n) is 19.8. The molecule has 3 aromatic rings. The molecule has 3 rings (SSSR count). The number of alkyl halides is 1. The maximum absolute atomic E-state index is 13.3. The van der Waals surface area contributed by atoms with Gasteiger partial charge in [0, 0.05) is 43.6 Å². The quantitative estimate of drug-likeness (QED) is 0.113. The highest BCUT2D eigenvalue weighted by molar-refractivity contribution is 6.17. The largest absolute Gasteiger partial charge is 0.374 e. The summed E-state index contributed by atoms with van der Waals surface area (Å²) in [6.45, 7) is 3.01. The number of nitro benzene ring substituents is 1. The van der Waals surface area contributed by atoms with Crippen LogP contribution in [0.25, 0.3) is 22.2 Å². The molecule has 0 saturated carbocycles. The lowest BCUT2D eigenvalue weighted by Gasteiger charge is -2.17. The van der Waals surface area contributed by atoms with Gasteiger partial charge in [0.15, 0.2) is 5.78 Å². The number of unbranched alkanes of at least 4 members (excludes halogenated alkanes) is 1. The highest BCUT2D eigenvalue weighted by Crippen LogP contribution is 2.36. The first kappa shape index (κ1) is 26.0. The standard InChI is InChI=1S/C23H26ClN5O6/c1-12-18(17(31)7-5-6-10-24)19(20-21(25-12)27(3)23(33)28(4)22(20)32)14-8-9-15(26-13(2)30)16(11-14)29(34)35/h8-9,11,13,26,30H,5-7,10H2,1-4H3. The summed E-state index contributed by atoms with van der Waals surface area (Å²) in [7, 11) is 2.77. The highest BCUT2D eigenvalue weighted by atomic mass is 35.5. The number of aliphatic hydroxyl groups is 1. The van der Waals surface area contributed by atoms with Crippen LogP contribution in [0.15, 0.2) is 27.8 Å². The Morgan fingerprint density at radius 3 is 2.54 bits per heavy atom. The molecule has 11 nitrogen and oxygen atoms in total. The molecule has 2 heterocycles. The van der Waals surface area contributed by atoms with Gasteiger partial charge in [-0.1, -0.05) is 6.07 Å². The molecule has 0 aliphatic heterocycles. The molecule has 1 atom stereocenters. The number of aliphatic hydroxyl groups excluding tert-OH is 1. The minimum atomic E-state index is -1.05. The minimum Gasteiger partial charge on any atom is -0.374 e. The number of halogens is 1. The van der Waals surface area contributed by atoms with Crippen molar-refractivity contribution in [1.29, 1.82) is 0 Å². The van der Waals surface area contributed by atoms with E-state index in [2.05, 4.69) is 10.3 Å². The maximum Gasteiger partial charge on any atom is 0.332 e. The molecule has 2 aromatic heterocycles. The molecule has 0 bridgehead atoms. The van der Waals surface area contributed by atoms with Gasteiger partial charge in [-0.2, -0.15) is 0 Å². The Morgan fingerprint density at radius 2 is 1.94 bits per heavy atom. The summed E-state index contributed by atoms with van der Waals surface area (Å²) in [4.78, 5) is 54.7. The van der Waals surface area contributed by atoms with Crippen LogP contribution < -0.4 is 16.6 Å². The fourth-order valence-electron chi connectivity index (χ4n) is 4.02. The van der Waals surface area contributed by atoms with Crippen LogP contribution in [-0.4, -0.2) is 42.0 Å². The molecule has 0 spiro atoms. The number of nitro groups is 1. The zero-order valence-corrected chi connectivity index (χ0v) is 20.5. The van der Waals surface area contributed by atoms with Gasteiger partial charge < -0.3 is 10.4 Å².